The molecular weight excluding hydrogens is 164 g/mol. The zero-order valence-corrected chi connectivity index (χ0v) is 7.57. The maximum Gasteiger partial charge on any atom is 0.314 e. The molecule has 0 saturated heterocycles. The third kappa shape index (κ3) is 5.79. The van der Waals surface area contributed by atoms with Gasteiger partial charge in [-0.25, -0.2) is 0 Å². The van der Waals surface area contributed by atoms with Gasteiger partial charge in [-0.1, -0.05) is 0 Å². The fourth-order valence-corrected chi connectivity index (χ4v) is 0.778. The molecule has 0 heterocycles. The van der Waals surface area contributed by atoms with E-state index >= 15 is 0 Å². The Labute approximate surface area is 71.7 Å². The highest BCUT2D eigenvalue weighted by atomic mass is 32.1. The van der Waals surface area contributed by atoms with Gasteiger partial charge in [0.2, 0.25) is 0 Å². The van der Waals surface area contributed by atoms with E-state index in [0.29, 0.717) is 18.3 Å². The minimum Gasteiger partial charge on any atom is -0.487 e. The summed E-state index contributed by atoms with van der Waals surface area (Å²) < 4.78 is 9.54. The molecule has 0 fully saturated rings. The summed E-state index contributed by atoms with van der Waals surface area (Å²) in [7, 11) is 0. The summed E-state index contributed by atoms with van der Waals surface area (Å²) in [5.41, 5.74) is 0. The molecule has 3 nitrogen and oxygen atoms in total. The molecule has 0 aliphatic carbocycles. The Hall–Kier alpha value is -0.640. The summed E-state index contributed by atoms with van der Waals surface area (Å²) in [6.07, 6.45) is 0.0804. The van der Waals surface area contributed by atoms with Crippen LogP contribution in [0, 0.1) is 0 Å². The van der Waals surface area contributed by atoms with Crippen molar-refractivity contribution in [3.63, 3.8) is 0 Å². The smallest absolute Gasteiger partial charge is 0.314 e. The molecule has 4 heteroatoms. The molecular formula is C7H12O3S. The Morgan fingerprint density at radius 2 is 1.82 bits per heavy atom. The van der Waals surface area contributed by atoms with E-state index in [4.69, 9.17) is 17.0 Å². The predicted octanol–water partition coefficient (Wildman–Crippen LogP) is 1.30. The van der Waals surface area contributed by atoms with Crippen molar-refractivity contribution in [1.29, 1.82) is 0 Å². The molecule has 0 saturated carbocycles. The Kier molecular flexibility index (Phi) is 5.74. The van der Waals surface area contributed by atoms with E-state index in [-0.39, 0.29) is 12.4 Å². The molecule has 0 unspecified atom stereocenters. The first-order valence-corrected chi connectivity index (χ1v) is 3.92. The van der Waals surface area contributed by atoms with E-state index in [0.717, 1.165) is 0 Å². The van der Waals surface area contributed by atoms with Crippen molar-refractivity contribution < 1.29 is 14.3 Å². The van der Waals surface area contributed by atoms with Crippen LogP contribution in [0.5, 0.6) is 0 Å². The largest absolute Gasteiger partial charge is 0.487 e. The number of carbonyl (C=O) groups is 1. The van der Waals surface area contributed by atoms with Crippen LogP contribution in [0.15, 0.2) is 0 Å². The second kappa shape index (κ2) is 6.09. The monoisotopic (exact) mass is 176 g/mol. The number of esters is 1. The zero-order valence-electron chi connectivity index (χ0n) is 6.75. The lowest BCUT2D eigenvalue weighted by molar-refractivity contribution is -0.141. The molecule has 0 spiro atoms. The molecule has 0 radical (unpaired) electrons. The van der Waals surface area contributed by atoms with E-state index in [2.05, 4.69) is 4.74 Å². The van der Waals surface area contributed by atoms with Crippen LogP contribution >= 0.6 is 12.2 Å². The summed E-state index contributed by atoms with van der Waals surface area (Å²) in [6.45, 7) is 4.45. The summed E-state index contributed by atoms with van der Waals surface area (Å²) in [4.78, 5) is 10.7. The van der Waals surface area contributed by atoms with Crippen molar-refractivity contribution in [2.24, 2.45) is 0 Å². The molecule has 0 atom stereocenters. The second-order valence-electron chi connectivity index (χ2n) is 1.79. The Morgan fingerprint density at radius 3 is 2.27 bits per heavy atom. The molecule has 0 aromatic rings. The second-order valence-corrected chi connectivity index (χ2v) is 2.24. The van der Waals surface area contributed by atoms with Crippen LogP contribution in [0.3, 0.4) is 0 Å². The fourth-order valence-electron chi connectivity index (χ4n) is 0.542. The van der Waals surface area contributed by atoms with Gasteiger partial charge in [0.1, 0.15) is 6.42 Å². The van der Waals surface area contributed by atoms with Crippen LogP contribution in [0.25, 0.3) is 0 Å². The molecule has 0 aromatic carbocycles. The molecule has 0 aliphatic heterocycles. The minimum absolute atomic E-state index is 0.0804. The van der Waals surface area contributed by atoms with Crippen molar-refractivity contribution in [2.45, 2.75) is 20.3 Å². The summed E-state index contributed by atoms with van der Waals surface area (Å²) in [5.74, 6) is -0.328. The van der Waals surface area contributed by atoms with Crippen LogP contribution in [0.1, 0.15) is 20.3 Å². The first kappa shape index (κ1) is 10.4. The first-order valence-electron chi connectivity index (χ1n) is 3.52. The molecule has 64 valence electrons. The lowest BCUT2D eigenvalue weighted by Gasteiger charge is -2.03. The standard InChI is InChI=1S/C7H12O3S/c1-3-9-6(8)5-7(11)10-4-2/h3-5H2,1-2H3. The lowest BCUT2D eigenvalue weighted by Crippen LogP contribution is -2.11. The molecule has 0 amide bonds. The average molecular weight is 176 g/mol. The molecule has 0 bridgehead atoms. The van der Waals surface area contributed by atoms with E-state index in [1.54, 1.807) is 6.92 Å². The van der Waals surface area contributed by atoms with Crippen molar-refractivity contribution in [1.82, 2.24) is 0 Å². The van der Waals surface area contributed by atoms with Gasteiger partial charge in [0.15, 0.2) is 5.05 Å². The summed E-state index contributed by atoms with van der Waals surface area (Å²) >= 11 is 4.72. The van der Waals surface area contributed by atoms with Crippen molar-refractivity contribution in [2.75, 3.05) is 13.2 Å². The SMILES string of the molecule is CCOC(=O)CC(=S)OCC. The predicted molar refractivity (Wildman–Crippen MR) is 45.5 cm³/mol. The number of hydrogen-bond donors (Lipinski definition) is 0. The molecule has 0 aliphatic rings. The molecule has 0 aromatic heterocycles. The van der Waals surface area contributed by atoms with Crippen LogP contribution in [-0.2, 0) is 14.3 Å². The van der Waals surface area contributed by atoms with Crippen molar-refractivity contribution in [3.8, 4) is 0 Å². The van der Waals surface area contributed by atoms with Crippen molar-refractivity contribution >= 4 is 23.2 Å². The Morgan fingerprint density at radius 1 is 1.27 bits per heavy atom. The van der Waals surface area contributed by atoms with Gasteiger partial charge in [-0.2, -0.15) is 0 Å². The van der Waals surface area contributed by atoms with Gasteiger partial charge in [0.25, 0.3) is 0 Å². The number of rotatable bonds is 4. The highest BCUT2D eigenvalue weighted by molar-refractivity contribution is 7.80. The number of carbonyl (C=O) groups excluding carboxylic acids is 1. The van der Waals surface area contributed by atoms with Gasteiger partial charge in [0, 0.05) is 0 Å². The van der Waals surface area contributed by atoms with Crippen LogP contribution in [0.2, 0.25) is 0 Å². The Balaban J connectivity index is 3.49. The number of hydrogen-bond acceptors (Lipinski definition) is 4. The summed E-state index contributed by atoms with van der Waals surface area (Å²) in [5, 5.41) is 0.297. The normalized spacial score (nSPS) is 8.91. The first-order chi connectivity index (χ1) is 5.20. The third-order valence-corrected chi connectivity index (χ3v) is 1.16. The molecule has 0 rings (SSSR count). The molecule has 11 heavy (non-hydrogen) atoms. The quantitative estimate of drug-likeness (QED) is 0.478. The number of ether oxygens (including phenoxy) is 2. The van der Waals surface area contributed by atoms with Gasteiger partial charge in [-0.3, -0.25) is 4.79 Å². The zero-order chi connectivity index (χ0) is 8.69. The van der Waals surface area contributed by atoms with Crippen molar-refractivity contribution in [3.05, 3.63) is 0 Å². The Bertz CT molecular complexity index is 129. The lowest BCUT2D eigenvalue weighted by atomic mass is 10.4. The topological polar surface area (TPSA) is 35.5 Å². The van der Waals surface area contributed by atoms with Gasteiger partial charge in [-0.05, 0) is 26.1 Å². The van der Waals surface area contributed by atoms with Crippen LogP contribution in [0.4, 0.5) is 0 Å². The minimum atomic E-state index is -0.328. The van der Waals surface area contributed by atoms with E-state index < -0.39 is 0 Å². The maximum atomic E-state index is 10.7. The van der Waals surface area contributed by atoms with Gasteiger partial charge in [0.05, 0.1) is 13.2 Å². The highest BCUT2D eigenvalue weighted by Crippen LogP contribution is 1.92. The molecule has 0 N–H and O–H groups in total. The highest BCUT2D eigenvalue weighted by Gasteiger charge is 2.05. The summed E-state index contributed by atoms with van der Waals surface area (Å²) in [6, 6.07) is 0. The van der Waals surface area contributed by atoms with E-state index in [1.807, 2.05) is 6.92 Å². The third-order valence-electron chi connectivity index (χ3n) is 0.899. The van der Waals surface area contributed by atoms with Gasteiger partial charge >= 0.3 is 5.97 Å². The van der Waals surface area contributed by atoms with E-state index in [1.165, 1.54) is 0 Å². The maximum absolute atomic E-state index is 10.7. The van der Waals surface area contributed by atoms with Crippen LogP contribution in [-0.4, -0.2) is 24.2 Å². The average Bonchev–Trinajstić information content (AvgIpc) is 1.87. The van der Waals surface area contributed by atoms with Gasteiger partial charge in [-0.15, -0.1) is 0 Å². The van der Waals surface area contributed by atoms with E-state index in [9.17, 15) is 4.79 Å². The van der Waals surface area contributed by atoms with Gasteiger partial charge < -0.3 is 9.47 Å². The number of thiocarbonyl (C=S) groups is 1. The van der Waals surface area contributed by atoms with Crippen LogP contribution < -0.4 is 0 Å². The fraction of sp³-hybridized carbons (Fsp3) is 0.714.